The molecule has 25 heavy (non-hydrogen) atoms. The lowest BCUT2D eigenvalue weighted by Gasteiger charge is -2.43. The van der Waals surface area contributed by atoms with Crippen molar-refractivity contribution in [3.05, 3.63) is 72.6 Å². The van der Waals surface area contributed by atoms with Crippen molar-refractivity contribution in [2.75, 3.05) is 11.9 Å². The van der Waals surface area contributed by atoms with Crippen molar-refractivity contribution in [2.24, 2.45) is 0 Å². The second kappa shape index (κ2) is 6.59. The molecule has 1 fully saturated rings. The van der Waals surface area contributed by atoms with E-state index >= 15 is 0 Å². The molecule has 0 saturated heterocycles. The van der Waals surface area contributed by atoms with Crippen molar-refractivity contribution in [3.8, 4) is 11.3 Å². The van der Waals surface area contributed by atoms with Crippen LogP contribution in [0, 0.1) is 0 Å². The molecule has 1 aliphatic carbocycles. The normalized spacial score (nSPS) is 22.2. The van der Waals surface area contributed by atoms with Gasteiger partial charge in [0.1, 0.15) is 12.0 Å². The van der Waals surface area contributed by atoms with E-state index in [2.05, 4.69) is 20.5 Å². The Morgan fingerprint density at radius 3 is 2.40 bits per heavy atom. The molecule has 4 rings (SSSR count). The minimum absolute atomic E-state index is 0.263. The Hall–Kier alpha value is -2.82. The number of benzene rings is 1. The van der Waals surface area contributed by atoms with Crippen LogP contribution in [0.5, 0.6) is 0 Å². The molecule has 0 atom stereocenters. The molecule has 1 N–H and O–H groups in total. The van der Waals surface area contributed by atoms with Crippen LogP contribution in [-0.4, -0.2) is 27.9 Å². The van der Waals surface area contributed by atoms with Crippen LogP contribution in [0.4, 0.5) is 10.2 Å². The monoisotopic (exact) mass is 334 g/mol. The van der Waals surface area contributed by atoms with E-state index < -0.39 is 6.17 Å². The molecule has 3 aromatic rings. The third kappa shape index (κ3) is 3.22. The van der Waals surface area contributed by atoms with Crippen molar-refractivity contribution in [1.82, 2.24) is 15.2 Å². The predicted molar refractivity (Wildman–Crippen MR) is 96.0 cm³/mol. The molecule has 1 saturated carbocycles. The van der Waals surface area contributed by atoms with E-state index in [0.717, 1.165) is 17.0 Å². The topological polar surface area (TPSA) is 50.7 Å². The van der Waals surface area contributed by atoms with E-state index in [-0.39, 0.29) is 5.41 Å². The number of hydrogen-bond donors (Lipinski definition) is 1. The summed E-state index contributed by atoms with van der Waals surface area (Å²) in [6.45, 7) is 0.601. The molecule has 0 unspecified atom stereocenters. The van der Waals surface area contributed by atoms with Gasteiger partial charge in [0.25, 0.3) is 0 Å². The summed E-state index contributed by atoms with van der Waals surface area (Å²) in [5.74, 6) is 0.692. The molecule has 1 aliphatic rings. The fourth-order valence-electron chi connectivity index (χ4n) is 3.36. The van der Waals surface area contributed by atoms with Gasteiger partial charge in [-0.15, -0.1) is 10.2 Å². The molecule has 2 aromatic heterocycles. The van der Waals surface area contributed by atoms with Gasteiger partial charge in [-0.25, -0.2) is 4.39 Å². The Morgan fingerprint density at radius 2 is 1.76 bits per heavy atom. The van der Waals surface area contributed by atoms with Gasteiger partial charge in [-0.3, -0.25) is 4.98 Å². The molecule has 4 nitrogen and oxygen atoms in total. The lowest BCUT2D eigenvalue weighted by Crippen LogP contribution is -2.48. The van der Waals surface area contributed by atoms with E-state index in [4.69, 9.17) is 0 Å². The molecule has 126 valence electrons. The largest absolute Gasteiger partial charge is 0.368 e. The van der Waals surface area contributed by atoms with Gasteiger partial charge in [-0.05, 0) is 37.1 Å². The van der Waals surface area contributed by atoms with Crippen molar-refractivity contribution in [1.29, 1.82) is 0 Å². The molecule has 1 aromatic carbocycles. The van der Waals surface area contributed by atoms with Crippen LogP contribution in [0.2, 0.25) is 0 Å². The van der Waals surface area contributed by atoms with Gasteiger partial charge in [0.2, 0.25) is 0 Å². The Balaban J connectivity index is 1.47. The number of nitrogens with one attached hydrogen (secondary N) is 1. The first-order valence-electron chi connectivity index (χ1n) is 8.44. The van der Waals surface area contributed by atoms with E-state index in [1.54, 1.807) is 6.20 Å². The standard InChI is InChI=1S/C20H19FN4/c21-16-12-20(13-16,18-8-4-5-11-22-18)14-23-19-10-9-17(24-25-19)15-6-2-1-3-7-15/h1-11,16H,12-14H2,(H,23,25). The van der Waals surface area contributed by atoms with Gasteiger partial charge in [-0.2, -0.15) is 0 Å². The smallest absolute Gasteiger partial charge is 0.148 e. The van der Waals surface area contributed by atoms with E-state index in [9.17, 15) is 4.39 Å². The number of aromatic nitrogens is 3. The number of alkyl halides is 1. The SMILES string of the molecule is FC1CC(CNc2ccc(-c3ccccc3)nn2)(c2ccccn2)C1. The van der Waals surface area contributed by atoms with Crippen LogP contribution in [0.25, 0.3) is 11.3 Å². The summed E-state index contributed by atoms with van der Waals surface area (Å²) in [6, 6.07) is 19.6. The summed E-state index contributed by atoms with van der Waals surface area (Å²) in [7, 11) is 0. The summed E-state index contributed by atoms with van der Waals surface area (Å²) < 4.78 is 13.6. The third-order valence-electron chi connectivity index (χ3n) is 4.77. The van der Waals surface area contributed by atoms with Crippen LogP contribution in [0.15, 0.2) is 66.9 Å². The van der Waals surface area contributed by atoms with Crippen molar-refractivity contribution in [2.45, 2.75) is 24.4 Å². The maximum absolute atomic E-state index is 13.6. The number of pyridine rings is 1. The highest BCUT2D eigenvalue weighted by Crippen LogP contribution is 2.44. The highest BCUT2D eigenvalue weighted by Gasteiger charge is 2.46. The summed E-state index contributed by atoms with van der Waals surface area (Å²) in [6.07, 6.45) is 1.99. The molecule has 0 spiro atoms. The molecular weight excluding hydrogens is 315 g/mol. The first kappa shape index (κ1) is 15.7. The van der Waals surface area contributed by atoms with Crippen molar-refractivity contribution in [3.63, 3.8) is 0 Å². The summed E-state index contributed by atoms with van der Waals surface area (Å²) >= 11 is 0. The second-order valence-corrected chi connectivity index (χ2v) is 6.52. The average molecular weight is 334 g/mol. The van der Waals surface area contributed by atoms with Crippen LogP contribution in [0.3, 0.4) is 0 Å². The van der Waals surface area contributed by atoms with Crippen LogP contribution in [0.1, 0.15) is 18.5 Å². The fourth-order valence-corrected chi connectivity index (χ4v) is 3.36. The number of hydrogen-bond acceptors (Lipinski definition) is 4. The second-order valence-electron chi connectivity index (χ2n) is 6.52. The summed E-state index contributed by atoms with van der Waals surface area (Å²) in [4.78, 5) is 4.43. The van der Waals surface area contributed by atoms with Crippen LogP contribution < -0.4 is 5.32 Å². The van der Waals surface area contributed by atoms with E-state index in [0.29, 0.717) is 25.2 Å². The summed E-state index contributed by atoms with van der Waals surface area (Å²) in [5, 5.41) is 11.8. The van der Waals surface area contributed by atoms with Gasteiger partial charge in [-0.1, -0.05) is 36.4 Å². The van der Waals surface area contributed by atoms with Crippen LogP contribution >= 0.6 is 0 Å². The number of nitrogens with zero attached hydrogens (tertiary/aromatic N) is 3. The van der Waals surface area contributed by atoms with Gasteiger partial charge in [0, 0.05) is 29.4 Å². The maximum Gasteiger partial charge on any atom is 0.148 e. The van der Waals surface area contributed by atoms with Crippen molar-refractivity contribution < 1.29 is 4.39 Å². The van der Waals surface area contributed by atoms with Crippen molar-refractivity contribution >= 4 is 5.82 Å². The van der Waals surface area contributed by atoms with E-state index in [1.165, 1.54) is 0 Å². The Kier molecular flexibility index (Phi) is 4.14. The number of rotatable bonds is 5. The van der Waals surface area contributed by atoms with Gasteiger partial charge in [0.15, 0.2) is 0 Å². The number of anilines is 1. The van der Waals surface area contributed by atoms with E-state index in [1.807, 2.05) is 60.7 Å². The van der Waals surface area contributed by atoms with Gasteiger partial charge in [0.05, 0.1) is 5.69 Å². The summed E-state index contributed by atoms with van der Waals surface area (Å²) in [5.41, 5.74) is 2.54. The fraction of sp³-hybridized carbons (Fsp3) is 0.250. The minimum atomic E-state index is -0.754. The van der Waals surface area contributed by atoms with Gasteiger partial charge >= 0.3 is 0 Å². The van der Waals surface area contributed by atoms with Crippen LogP contribution in [-0.2, 0) is 5.41 Å². The Bertz CT molecular complexity index is 815. The lowest BCUT2D eigenvalue weighted by molar-refractivity contribution is 0.0996. The quantitative estimate of drug-likeness (QED) is 0.766. The zero-order valence-electron chi connectivity index (χ0n) is 13.8. The molecular formula is C20H19FN4. The molecule has 5 heteroatoms. The maximum atomic E-state index is 13.6. The Morgan fingerprint density at radius 1 is 0.960 bits per heavy atom. The van der Waals surface area contributed by atoms with Gasteiger partial charge < -0.3 is 5.32 Å². The molecule has 0 bridgehead atoms. The molecule has 0 aliphatic heterocycles. The minimum Gasteiger partial charge on any atom is -0.368 e. The predicted octanol–water partition coefficient (Wildman–Crippen LogP) is 4.02. The zero-order valence-corrected chi connectivity index (χ0v) is 13.8. The first-order valence-corrected chi connectivity index (χ1v) is 8.44. The highest BCUT2D eigenvalue weighted by molar-refractivity contribution is 5.59. The zero-order chi connectivity index (χ0) is 17.1. The molecule has 2 heterocycles. The highest BCUT2D eigenvalue weighted by atomic mass is 19.1. The third-order valence-corrected chi connectivity index (χ3v) is 4.77. The number of halogens is 1. The molecule has 0 radical (unpaired) electrons. The first-order chi connectivity index (χ1) is 12.3. The molecule has 0 amide bonds. The Labute approximate surface area is 146 Å². The average Bonchev–Trinajstić information content (AvgIpc) is 2.66. The lowest BCUT2D eigenvalue weighted by atomic mass is 9.65.